The lowest BCUT2D eigenvalue weighted by Crippen LogP contribution is -2.52. The summed E-state index contributed by atoms with van der Waals surface area (Å²) in [5, 5.41) is 3.72. The van der Waals surface area contributed by atoms with E-state index in [4.69, 9.17) is 0 Å². The molecule has 5 nitrogen and oxygen atoms in total. The van der Waals surface area contributed by atoms with Crippen LogP contribution >= 0.6 is 0 Å². The number of nitrogens with zero attached hydrogens (tertiary/aromatic N) is 2. The Balaban J connectivity index is 1.55. The molecule has 2 amide bonds. The number of hydrogen-bond donors (Lipinski definition) is 1. The minimum Gasteiger partial charge on any atom is -0.340 e. The Morgan fingerprint density at radius 2 is 1.89 bits per heavy atom. The molecule has 1 atom stereocenters. The maximum atomic E-state index is 12.9. The predicted molar refractivity (Wildman–Crippen MR) is 106 cm³/mol. The number of anilines is 1. The molecule has 3 aromatic rings. The van der Waals surface area contributed by atoms with Crippen LogP contribution in [0.5, 0.6) is 0 Å². The zero-order valence-electron chi connectivity index (χ0n) is 15.2. The van der Waals surface area contributed by atoms with Crippen LogP contribution in [-0.2, 0) is 4.79 Å². The highest BCUT2D eigenvalue weighted by molar-refractivity contribution is 6.08. The van der Waals surface area contributed by atoms with Crippen LogP contribution < -0.4 is 10.2 Å². The lowest BCUT2D eigenvalue weighted by Gasteiger charge is -2.32. The molecular formula is C22H21N3O2. The number of carbonyl (C=O) groups is 2. The van der Waals surface area contributed by atoms with Crippen LogP contribution in [0.4, 0.5) is 5.69 Å². The number of hydrogen-bond acceptors (Lipinski definition) is 3. The summed E-state index contributed by atoms with van der Waals surface area (Å²) in [6.07, 6.45) is 3.12. The lowest BCUT2D eigenvalue weighted by atomic mass is 10.0. The normalized spacial score (nSPS) is 17.1. The van der Waals surface area contributed by atoms with Crippen LogP contribution in [0.3, 0.4) is 0 Å². The van der Waals surface area contributed by atoms with E-state index in [1.54, 1.807) is 17.2 Å². The first-order valence-electron chi connectivity index (χ1n) is 9.16. The van der Waals surface area contributed by atoms with Gasteiger partial charge in [0.1, 0.15) is 6.04 Å². The zero-order valence-corrected chi connectivity index (χ0v) is 15.2. The van der Waals surface area contributed by atoms with Gasteiger partial charge in [0, 0.05) is 23.8 Å². The second-order valence-electron chi connectivity index (χ2n) is 6.87. The van der Waals surface area contributed by atoms with Crippen molar-refractivity contribution >= 4 is 28.4 Å². The number of carbonyl (C=O) groups excluding carboxylic acids is 2. The minimum absolute atomic E-state index is 0.0585. The van der Waals surface area contributed by atoms with Crippen LogP contribution in [0.1, 0.15) is 28.8 Å². The van der Waals surface area contributed by atoms with Crippen LogP contribution in [0, 0.1) is 6.92 Å². The molecule has 0 radical (unpaired) electrons. The average molecular weight is 359 g/mol. The number of aryl methyl sites for hydroxylation is 1. The Bertz CT molecular complexity index is 993. The summed E-state index contributed by atoms with van der Waals surface area (Å²) < 4.78 is 0. The minimum atomic E-state index is -0.514. The van der Waals surface area contributed by atoms with Crippen LogP contribution in [0.25, 0.3) is 10.9 Å². The SMILES string of the molecule is Cc1ccc(N2CCCC(NC(=O)c3ccnc4ccccc34)C2=O)cc1. The van der Waals surface area contributed by atoms with Crippen molar-refractivity contribution in [1.82, 2.24) is 10.3 Å². The molecule has 1 aliphatic heterocycles. The van der Waals surface area contributed by atoms with E-state index >= 15 is 0 Å². The number of aromatic nitrogens is 1. The summed E-state index contributed by atoms with van der Waals surface area (Å²) in [7, 11) is 0. The van der Waals surface area contributed by atoms with E-state index in [0.29, 0.717) is 18.5 Å². The number of piperidine rings is 1. The molecule has 1 unspecified atom stereocenters. The molecule has 27 heavy (non-hydrogen) atoms. The topological polar surface area (TPSA) is 62.3 Å². The highest BCUT2D eigenvalue weighted by atomic mass is 16.2. The molecule has 1 saturated heterocycles. The highest BCUT2D eigenvalue weighted by Crippen LogP contribution is 2.22. The number of rotatable bonds is 3. The molecule has 2 heterocycles. The molecule has 0 spiro atoms. The lowest BCUT2D eigenvalue weighted by molar-refractivity contribution is -0.121. The molecule has 5 heteroatoms. The number of benzene rings is 2. The van der Waals surface area contributed by atoms with E-state index < -0.39 is 6.04 Å². The summed E-state index contributed by atoms with van der Waals surface area (Å²) in [5.74, 6) is -0.297. The average Bonchev–Trinajstić information content (AvgIpc) is 2.70. The van der Waals surface area contributed by atoms with E-state index in [0.717, 1.165) is 28.6 Å². The Kier molecular flexibility index (Phi) is 4.59. The van der Waals surface area contributed by atoms with Crippen molar-refractivity contribution in [3.05, 3.63) is 71.9 Å². The molecule has 1 aliphatic rings. The summed E-state index contributed by atoms with van der Waals surface area (Å²) in [6.45, 7) is 2.69. The van der Waals surface area contributed by atoms with E-state index in [1.807, 2.05) is 55.5 Å². The van der Waals surface area contributed by atoms with Crippen molar-refractivity contribution in [2.24, 2.45) is 0 Å². The molecule has 1 N–H and O–H groups in total. The third-order valence-corrected chi connectivity index (χ3v) is 4.98. The first-order valence-corrected chi connectivity index (χ1v) is 9.16. The van der Waals surface area contributed by atoms with Crippen molar-refractivity contribution in [1.29, 1.82) is 0 Å². The van der Waals surface area contributed by atoms with Gasteiger partial charge in [0.25, 0.3) is 5.91 Å². The fraction of sp³-hybridized carbons (Fsp3) is 0.227. The first-order chi connectivity index (χ1) is 13.1. The van der Waals surface area contributed by atoms with Gasteiger partial charge in [-0.1, -0.05) is 35.9 Å². The summed E-state index contributed by atoms with van der Waals surface area (Å²) in [5.41, 5.74) is 3.33. The van der Waals surface area contributed by atoms with Gasteiger partial charge < -0.3 is 10.2 Å². The van der Waals surface area contributed by atoms with Crippen molar-refractivity contribution in [2.45, 2.75) is 25.8 Å². The fourth-order valence-electron chi connectivity index (χ4n) is 3.52. The van der Waals surface area contributed by atoms with Crippen molar-refractivity contribution in [3.8, 4) is 0 Å². The molecule has 1 fully saturated rings. The number of fused-ring (bicyclic) bond motifs is 1. The van der Waals surface area contributed by atoms with E-state index in [1.165, 1.54) is 0 Å². The van der Waals surface area contributed by atoms with Crippen LogP contribution in [0.15, 0.2) is 60.8 Å². The first kappa shape index (κ1) is 17.2. The molecule has 0 aliphatic carbocycles. The fourth-order valence-corrected chi connectivity index (χ4v) is 3.52. The van der Waals surface area contributed by atoms with Gasteiger partial charge in [-0.2, -0.15) is 0 Å². The maximum absolute atomic E-state index is 12.9. The summed E-state index contributed by atoms with van der Waals surface area (Å²) in [4.78, 5) is 31.8. The van der Waals surface area contributed by atoms with Crippen LogP contribution in [-0.4, -0.2) is 29.4 Å². The van der Waals surface area contributed by atoms with E-state index in [9.17, 15) is 9.59 Å². The third kappa shape index (κ3) is 3.40. The molecule has 0 saturated carbocycles. The molecule has 2 aromatic carbocycles. The van der Waals surface area contributed by atoms with E-state index in [2.05, 4.69) is 10.3 Å². The van der Waals surface area contributed by atoms with Crippen molar-refractivity contribution < 1.29 is 9.59 Å². The quantitative estimate of drug-likeness (QED) is 0.779. The Morgan fingerprint density at radius 1 is 1.11 bits per heavy atom. The molecule has 4 rings (SSSR count). The van der Waals surface area contributed by atoms with Gasteiger partial charge in [-0.05, 0) is 44.0 Å². The molecule has 1 aromatic heterocycles. The van der Waals surface area contributed by atoms with Gasteiger partial charge in [-0.25, -0.2) is 0 Å². The van der Waals surface area contributed by atoms with E-state index in [-0.39, 0.29) is 11.8 Å². The largest absolute Gasteiger partial charge is 0.340 e. The van der Waals surface area contributed by atoms with Gasteiger partial charge in [-0.3, -0.25) is 14.6 Å². The van der Waals surface area contributed by atoms with Gasteiger partial charge in [0.15, 0.2) is 0 Å². The number of pyridine rings is 1. The monoisotopic (exact) mass is 359 g/mol. The van der Waals surface area contributed by atoms with Crippen LogP contribution in [0.2, 0.25) is 0 Å². The molecular weight excluding hydrogens is 338 g/mol. The number of amides is 2. The predicted octanol–water partition coefficient (Wildman–Crippen LogP) is 3.47. The standard InChI is InChI=1S/C22H21N3O2/c1-15-8-10-16(11-9-15)25-14-4-7-20(22(25)27)24-21(26)18-12-13-23-19-6-3-2-5-17(18)19/h2-3,5-6,8-13,20H,4,7,14H2,1H3,(H,24,26). The Hall–Kier alpha value is -3.21. The van der Waals surface area contributed by atoms with Gasteiger partial charge in [0.05, 0.1) is 11.1 Å². The second-order valence-corrected chi connectivity index (χ2v) is 6.87. The Labute approximate surface area is 158 Å². The molecule has 136 valence electrons. The summed E-state index contributed by atoms with van der Waals surface area (Å²) in [6, 6.07) is 16.6. The number of nitrogens with one attached hydrogen (secondary N) is 1. The number of para-hydroxylation sites is 1. The zero-order chi connectivity index (χ0) is 18.8. The smallest absolute Gasteiger partial charge is 0.252 e. The summed E-state index contributed by atoms with van der Waals surface area (Å²) >= 11 is 0. The Morgan fingerprint density at radius 3 is 2.70 bits per heavy atom. The van der Waals surface area contributed by atoms with Gasteiger partial charge in [0.2, 0.25) is 5.91 Å². The van der Waals surface area contributed by atoms with Gasteiger partial charge >= 0.3 is 0 Å². The van der Waals surface area contributed by atoms with Crippen molar-refractivity contribution in [3.63, 3.8) is 0 Å². The maximum Gasteiger partial charge on any atom is 0.252 e. The second kappa shape index (κ2) is 7.19. The highest BCUT2D eigenvalue weighted by Gasteiger charge is 2.31. The molecule has 0 bridgehead atoms. The van der Waals surface area contributed by atoms with Gasteiger partial charge in [-0.15, -0.1) is 0 Å². The third-order valence-electron chi connectivity index (χ3n) is 4.98. The van der Waals surface area contributed by atoms with Crippen molar-refractivity contribution in [2.75, 3.05) is 11.4 Å².